The summed E-state index contributed by atoms with van der Waals surface area (Å²) in [7, 11) is -5.79. The Morgan fingerprint density at radius 2 is 1.50 bits per heavy atom. The molecule has 0 saturated carbocycles. The Labute approximate surface area is 106 Å². The Morgan fingerprint density at radius 3 is 1.72 bits per heavy atom. The van der Waals surface area contributed by atoms with Crippen molar-refractivity contribution in [3.63, 3.8) is 0 Å². The van der Waals surface area contributed by atoms with Crippen LogP contribution in [0, 0.1) is 0 Å². The van der Waals surface area contributed by atoms with Gasteiger partial charge in [0, 0.05) is 10.9 Å². The highest BCUT2D eigenvalue weighted by atomic mass is 32.2. The normalized spacial score (nSPS) is 11.9. The van der Waals surface area contributed by atoms with Crippen molar-refractivity contribution in [1.29, 1.82) is 0 Å². The van der Waals surface area contributed by atoms with E-state index >= 15 is 0 Å². The summed E-state index contributed by atoms with van der Waals surface area (Å²) in [5.41, 5.74) is -5.65. The van der Waals surface area contributed by atoms with E-state index in [2.05, 4.69) is 12.5 Å². The van der Waals surface area contributed by atoms with E-state index in [1.807, 2.05) is 12.1 Å². The van der Waals surface area contributed by atoms with Crippen LogP contribution in [0.25, 0.3) is 0 Å². The monoisotopic (exact) mass is 304 g/mol. The number of halogens is 3. The first kappa shape index (κ1) is 17.1. The second-order valence-electron chi connectivity index (χ2n) is 3.21. The molecule has 0 fully saturated rings. The molecule has 1 N–H and O–H groups in total. The molecule has 0 aliphatic carbocycles. The minimum atomic E-state index is -6.09. The minimum Gasteiger partial charge on any atom is -0.741 e. The van der Waals surface area contributed by atoms with Gasteiger partial charge in [-0.3, -0.25) is 0 Å². The second-order valence-corrected chi connectivity index (χ2v) is 6.69. The maximum Gasteiger partial charge on any atom is 0.485 e. The van der Waals surface area contributed by atoms with Gasteiger partial charge in [0.1, 0.15) is 18.3 Å². The highest BCUT2D eigenvalue weighted by Crippen LogP contribution is 2.20. The molecule has 0 spiro atoms. The predicted octanol–water partition coefficient (Wildman–Crippen LogP) is 1.68. The number of aromatic hydroxyl groups is 1. The van der Waals surface area contributed by atoms with Gasteiger partial charge in [-0.1, -0.05) is 0 Å². The fourth-order valence-corrected chi connectivity index (χ4v) is 1.40. The molecule has 104 valence electrons. The van der Waals surface area contributed by atoms with Crippen LogP contribution in [0.3, 0.4) is 0 Å². The number of rotatable bonds is 1. The van der Waals surface area contributed by atoms with E-state index < -0.39 is 15.6 Å². The van der Waals surface area contributed by atoms with Crippen molar-refractivity contribution in [2.45, 2.75) is 10.4 Å². The van der Waals surface area contributed by atoms with Crippen LogP contribution in [0.5, 0.6) is 5.75 Å². The summed E-state index contributed by atoms with van der Waals surface area (Å²) in [5, 5.41) is 8.94. The average molecular weight is 304 g/mol. The van der Waals surface area contributed by atoms with Gasteiger partial charge in [0.2, 0.25) is 0 Å². The van der Waals surface area contributed by atoms with Gasteiger partial charge in [0.15, 0.2) is 15.0 Å². The molecule has 0 aliphatic rings. The van der Waals surface area contributed by atoms with E-state index in [9.17, 15) is 13.2 Å². The summed E-state index contributed by atoms with van der Waals surface area (Å²) in [4.78, 5) is 1.29. The lowest BCUT2D eigenvalue weighted by Gasteiger charge is -2.08. The first-order valence-electron chi connectivity index (χ1n) is 4.34. The van der Waals surface area contributed by atoms with Crippen molar-refractivity contribution in [3.05, 3.63) is 24.3 Å². The molecule has 1 aromatic rings. The molecule has 0 unspecified atom stereocenters. The Morgan fingerprint density at radius 1 is 1.17 bits per heavy atom. The topological polar surface area (TPSA) is 77.4 Å². The lowest BCUT2D eigenvalue weighted by Crippen LogP contribution is -2.21. The van der Waals surface area contributed by atoms with Gasteiger partial charge in [0.25, 0.3) is 0 Å². The summed E-state index contributed by atoms with van der Waals surface area (Å²) in [5.74, 6) is 0.342. The van der Waals surface area contributed by atoms with Gasteiger partial charge in [-0.25, -0.2) is 8.42 Å². The van der Waals surface area contributed by atoms with E-state index in [4.69, 9.17) is 18.1 Å². The molecule has 18 heavy (non-hydrogen) atoms. The number of alkyl halides is 3. The van der Waals surface area contributed by atoms with Gasteiger partial charge < -0.3 is 9.66 Å². The van der Waals surface area contributed by atoms with Crippen LogP contribution in [0.4, 0.5) is 13.2 Å². The van der Waals surface area contributed by atoms with Crippen LogP contribution in [0.15, 0.2) is 29.2 Å². The summed E-state index contributed by atoms with van der Waals surface area (Å²) in [6.07, 6.45) is 4.32. The van der Waals surface area contributed by atoms with Crippen LogP contribution in [-0.4, -0.2) is 36.1 Å². The van der Waals surface area contributed by atoms with E-state index in [-0.39, 0.29) is 0 Å². The van der Waals surface area contributed by atoms with Gasteiger partial charge in [-0.05, 0) is 24.3 Å². The lowest BCUT2D eigenvalue weighted by atomic mass is 10.3. The smallest absolute Gasteiger partial charge is 0.485 e. The number of phenols is 1. The zero-order valence-electron chi connectivity index (χ0n) is 9.43. The molecule has 0 saturated heterocycles. The second kappa shape index (κ2) is 6.30. The molecule has 1 aromatic carbocycles. The molecule has 0 amide bonds. The number of hydrogen-bond donors (Lipinski definition) is 1. The number of benzene rings is 1. The molecule has 0 aliphatic heterocycles. The van der Waals surface area contributed by atoms with Crippen molar-refractivity contribution < 1.29 is 31.2 Å². The Balaban J connectivity index is 0.000000331. The quantitative estimate of drug-likeness (QED) is 0.486. The predicted molar refractivity (Wildman–Crippen MR) is 61.3 cm³/mol. The molecule has 0 heterocycles. The lowest BCUT2D eigenvalue weighted by molar-refractivity contribution is -0.0517. The van der Waals surface area contributed by atoms with Crippen LogP contribution in [0.2, 0.25) is 0 Å². The van der Waals surface area contributed by atoms with Gasteiger partial charge in [0.05, 0.1) is 0 Å². The van der Waals surface area contributed by atoms with E-state index in [0.29, 0.717) is 16.6 Å². The van der Waals surface area contributed by atoms with Crippen molar-refractivity contribution in [3.8, 4) is 5.75 Å². The van der Waals surface area contributed by atoms with Crippen LogP contribution in [0.1, 0.15) is 0 Å². The number of phenolic OH excluding ortho intramolecular Hbond substituents is 1. The Kier molecular flexibility index (Phi) is 5.97. The average Bonchev–Trinajstić information content (AvgIpc) is 2.16. The van der Waals surface area contributed by atoms with E-state index in [0.717, 1.165) is 0 Å². The van der Waals surface area contributed by atoms with Crippen LogP contribution in [-0.2, 0) is 21.0 Å². The highest BCUT2D eigenvalue weighted by Gasteiger charge is 2.36. The van der Waals surface area contributed by atoms with Crippen LogP contribution >= 0.6 is 0 Å². The number of hydrogen-bond acceptors (Lipinski definition) is 4. The van der Waals surface area contributed by atoms with Crippen molar-refractivity contribution in [2.75, 3.05) is 12.5 Å². The highest BCUT2D eigenvalue weighted by molar-refractivity contribution is 7.95. The molecule has 0 bridgehead atoms. The van der Waals surface area contributed by atoms with Gasteiger partial charge >= 0.3 is 5.51 Å². The summed E-state index contributed by atoms with van der Waals surface area (Å²) >= 11 is 0. The molecule has 1 rings (SSSR count). The van der Waals surface area contributed by atoms with Gasteiger partial charge in [-0.15, -0.1) is 0 Å². The summed E-state index contributed by atoms with van der Waals surface area (Å²) < 4.78 is 58.9. The molecule has 0 aromatic heterocycles. The largest absolute Gasteiger partial charge is 0.741 e. The van der Waals surface area contributed by atoms with Crippen molar-refractivity contribution in [2.24, 2.45) is 0 Å². The van der Waals surface area contributed by atoms with Crippen molar-refractivity contribution >= 4 is 21.0 Å². The third-order valence-corrected chi connectivity index (χ3v) is 3.37. The van der Waals surface area contributed by atoms with E-state index in [1.54, 1.807) is 12.1 Å². The summed E-state index contributed by atoms with van der Waals surface area (Å²) in [6, 6.07) is 7.36. The summed E-state index contributed by atoms with van der Waals surface area (Å²) in [6.45, 7) is 0. The maximum absolute atomic E-state index is 10.7. The van der Waals surface area contributed by atoms with Crippen LogP contribution < -0.4 is 0 Å². The molecular weight excluding hydrogens is 293 g/mol. The first-order valence-corrected chi connectivity index (χ1v) is 7.79. The standard InChI is InChI=1S/C8H10OS.CHF3O3S/c1-10(2)8-5-3-7(9)4-6-8;2-1(3,4)8(5,6)7/h3-6H,1-2H3;(H,5,6,7). The third-order valence-electron chi connectivity index (χ3n) is 1.59. The Hall–Kier alpha value is -0.930. The fourth-order valence-electron chi connectivity index (χ4n) is 0.718. The van der Waals surface area contributed by atoms with Gasteiger partial charge in [-0.2, -0.15) is 13.2 Å². The SMILES string of the molecule is C[S+](C)c1ccc(O)cc1.O=S(=O)([O-])C(F)(F)F. The van der Waals surface area contributed by atoms with Crippen molar-refractivity contribution in [1.82, 2.24) is 0 Å². The fraction of sp³-hybridized carbons (Fsp3) is 0.333. The molecule has 0 radical (unpaired) electrons. The maximum atomic E-state index is 10.7. The Bertz CT molecular complexity index is 466. The molecule has 0 atom stereocenters. The van der Waals surface area contributed by atoms with E-state index in [1.165, 1.54) is 4.90 Å². The third kappa shape index (κ3) is 6.12. The zero-order chi connectivity index (χ0) is 14.6. The first-order chi connectivity index (χ1) is 7.95. The molecular formula is C9H11F3O4S2. The zero-order valence-corrected chi connectivity index (χ0v) is 11.1. The molecule has 9 heteroatoms. The minimum absolute atomic E-state index is 0.302. The molecule has 4 nitrogen and oxygen atoms in total.